The maximum Gasteiger partial charge on any atom is 0.262 e. The van der Waals surface area contributed by atoms with Crippen LogP contribution in [-0.4, -0.2) is 24.0 Å². The minimum absolute atomic E-state index is 0.0294. The Balaban J connectivity index is 1.75. The molecular weight excluding hydrogens is 290 g/mol. The summed E-state index contributed by atoms with van der Waals surface area (Å²) in [6, 6.07) is 12.9. The second-order valence-electron chi connectivity index (χ2n) is 5.69. The van der Waals surface area contributed by atoms with Crippen molar-refractivity contribution < 1.29 is 9.53 Å². The number of benzene rings is 1. The highest BCUT2D eigenvalue weighted by Crippen LogP contribution is 2.11. The van der Waals surface area contributed by atoms with E-state index >= 15 is 0 Å². The van der Waals surface area contributed by atoms with Crippen LogP contribution in [0, 0.1) is 5.92 Å². The summed E-state index contributed by atoms with van der Waals surface area (Å²) in [5, 5.41) is 6.01. The zero-order valence-electron chi connectivity index (χ0n) is 13.6. The van der Waals surface area contributed by atoms with Gasteiger partial charge in [0.2, 0.25) is 0 Å². The predicted octanol–water partition coefficient (Wildman–Crippen LogP) is 3.56. The molecule has 2 N–H and O–H groups in total. The van der Waals surface area contributed by atoms with Crippen molar-refractivity contribution in [1.82, 2.24) is 4.98 Å². The van der Waals surface area contributed by atoms with Crippen molar-refractivity contribution in [2.75, 3.05) is 23.8 Å². The fourth-order valence-corrected chi connectivity index (χ4v) is 1.92. The molecule has 0 aliphatic heterocycles. The van der Waals surface area contributed by atoms with E-state index in [0.717, 1.165) is 18.8 Å². The maximum absolute atomic E-state index is 11.8. The second kappa shape index (κ2) is 8.78. The highest BCUT2D eigenvalue weighted by atomic mass is 16.5. The zero-order chi connectivity index (χ0) is 16.5. The molecule has 0 radical (unpaired) electrons. The van der Waals surface area contributed by atoms with Gasteiger partial charge in [0.05, 0.1) is 11.9 Å². The number of aromatic nitrogens is 1. The minimum Gasteiger partial charge on any atom is -0.484 e. The number of anilines is 2. The highest BCUT2D eigenvalue weighted by molar-refractivity contribution is 5.91. The van der Waals surface area contributed by atoms with E-state index in [1.165, 1.54) is 0 Å². The third kappa shape index (κ3) is 6.38. The van der Waals surface area contributed by atoms with Crippen LogP contribution in [-0.2, 0) is 4.79 Å². The summed E-state index contributed by atoms with van der Waals surface area (Å²) in [6.45, 7) is 5.23. The number of pyridine rings is 1. The first-order chi connectivity index (χ1) is 11.1. The van der Waals surface area contributed by atoms with E-state index in [-0.39, 0.29) is 12.5 Å². The standard InChI is InChI=1S/C18H23N3O2/c1-14(2)10-11-19-17-9-8-15(12-20-17)21-18(22)13-23-16-6-4-3-5-7-16/h3-9,12,14H,10-11,13H2,1-2H3,(H,19,20)(H,21,22). The molecule has 0 spiro atoms. The Bertz CT molecular complexity index is 597. The van der Waals surface area contributed by atoms with Gasteiger partial charge in [-0.1, -0.05) is 32.0 Å². The second-order valence-corrected chi connectivity index (χ2v) is 5.69. The average molecular weight is 313 g/mol. The van der Waals surface area contributed by atoms with E-state index in [2.05, 4.69) is 29.5 Å². The lowest BCUT2D eigenvalue weighted by Crippen LogP contribution is -2.20. The molecule has 0 bridgehead atoms. The van der Waals surface area contributed by atoms with E-state index in [4.69, 9.17) is 4.74 Å². The summed E-state index contributed by atoms with van der Waals surface area (Å²) in [6.07, 6.45) is 2.73. The third-order valence-electron chi connectivity index (χ3n) is 3.19. The Hall–Kier alpha value is -2.56. The Morgan fingerprint density at radius 3 is 2.61 bits per heavy atom. The van der Waals surface area contributed by atoms with E-state index in [0.29, 0.717) is 17.4 Å². The van der Waals surface area contributed by atoms with E-state index in [1.54, 1.807) is 6.20 Å². The number of rotatable bonds is 8. The Morgan fingerprint density at radius 1 is 1.17 bits per heavy atom. The molecular formula is C18H23N3O2. The number of nitrogens with zero attached hydrogens (tertiary/aromatic N) is 1. The molecule has 0 saturated carbocycles. The van der Waals surface area contributed by atoms with Crippen molar-refractivity contribution in [2.24, 2.45) is 5.92 Å². The molecule has 23 heavy (non-hydrogen) atoms. The van der Waals surface area contributed by atoms with Crippen LogP contribution in [0.25, 0.3) is 0 Å². The van der Waals surface area contributed by atoms with E-state index in [1.807, 2.05) is 42.5 Å². The Kier molecular flexibility index (Phi) is 6.41. The van der Waals surface area contributed by atoms with Crippen LogP contribution in [0.15, 0.2) is 48.7 Å². The molecule has 1 aromatic carbocycles. The summed E-state index contributed by atoms with van der Waals surface area (Å²) in [5.74, 6) is 1.93. The van der Waals surface area contributed by atoms with E-state index in [9.17, 15) is 4.79 Å². The van der Waals surface area contributed by atoms with Gasteiger partial charge in [0, 0.05) is 6.54 Å². The maximum atomic E-state index is 11.8. The van der Waals surface area contributed by atoms with Crippen molar-refractivity contribution in [3.63, 3.8) is 0 Å². The molecule has 2 aromatic rings. The summed E-state index contributed by atoms with van der Waals surface area (Å²) in [5.41, 5.74) is 0.654. The quantitative estimate of drug-likeness (QED) is 0.782. The summed E-state index contributed by atoms with van der Waals surface area (Å²) < 4.78 is 5.39. The molecule has 5 heteroatoms. The molecule has 0 aliphatic carbocycles. The lowest BCUT2D eigenvalue weighted by molar-refractivity contribution is -0.118. The molecule has 2 rings (SSSR count). The molecule has 0 atom stereocenters. The van der Waals surface area contributed by atoms with Crippen molar-refractivity contribution in [1.29, 1.82) is 0 Å². The van der Waals surface area contributed by atoms with Crippen LogP contribution in [0.3, 0.4) is 0 Å². The number of hydrogen-bond donors (Lipinski definition) is 2. The molecule has 0 fully saturated rings. The van der Waals surface area contributed by atoms with Crippen LogP contribution in [0.4, 0.5) is 11.5 Å². The first kappa shape index (κ1) is 16.8. The smallest absolute Gasteiger partial charge is 0.262 e. The largest absolute Gasteiger partial charge is 0.484 e. The summed E-state index contributed by atoms with van der Waals surface area (Å²) in [7, 11) is 0. The predicted molar refractivity (Wildman–Crippen MR) is 92.7 cm³/mol. The van der Waals surface area contributed by atoms with Gasteiger partial charge in [-0.05, 0) is 36.6 Å². The molecule has 1 heterocycles. The van der Waals surface area contributed by atoms with Gasteiger partial charge in [-0.3, -0.25) is 4.79 Å². The number of amides is 1. The molecule has 0 aliphatic rings. The number of carbonyl (C=O) groups excluding carboxylic acids is 1. The lowest BCUT2D eigenvalue weighted by Gasteiger charge is -2.09. The minimum atomic E-state index is -0.212. The van der Waals surface area contributed by atoms with Crippen molar-refractivity contribution in [3.05, 3.63) is 48.7 Å². The highest BCUT2D eigenvalue weighted by Gasteiger charge is 2.04. The van der Waals surface area contributed by atoms with Gasteiger partial charge in [0.15, 0.2) is 6.61 Å². The van der Waals surface area contributed by atoms with Crippen LogP contribution in [0.5, 0.6) is 5.75 Å². The number of nitrogens with one attached hydrogen (secondary N) is 2. The van der Waals surface area contributed by atoms with Gasteiger partial charge in [0.25, 0.3) is 5.91 Å². The van der Waals surface area contributed by atoms with Crippen molar-refractivity contribution in [3.8, 4) is 5.75 Å². The van der Waals surface area contributed by atoms with Crippen molar-refractivity contribution in [2.45, 2.75) is 20.3 Å². The van der Waals surface area contributed by atoms with E-state index < -0.39 is 0 Å². The average Bonchev–Trinajstić information content (AvgIpc) is 2.55. The lowest BCUT2D eigenvalue weighted by atomic mass is 10.1. The Labute approximate surface area is 137 Å². The SMILES string of the molecule is CC(C)CCNc1ccc(NC(=O)COc2ccccc2)cn1. The molecule has 5 nitrogen and oxygen atoms in total. The Morgan fingerprint density at radius 2 is 1.96 bits per heavy atom. The van der Waals surface area contributed by atoms with Crippen LogP contribution in [0.2, 0.25) is 0 Å². The van der Waals surface area contributed by atoms with Gasteiger partial charge in [-0.2, -0.15) is 0 Å². The van der Waals surface area contributed by atoms with Gasteiger partial charge in [-0.25, -0.2) is 4.98 Å². The zero-order valence-corrected chi connectivity index (χ0v) is 13.6. The topological polar surface area (TPSA) is 63.2 Å². The van der Waals surface area contributed by atoms with Crippen LogP contribution in [0.1, 0.15) is 20.3 Å². The van der Waals surface area contributed by atoms with Crippen LogP contribution >= 0.6 is 0 Å². The molecule has 122 valence electrons. The summed E-state index contributed by atoms with van der Waals surface area (Å²) in [4.78, 5) is 16.1. The first-order valence-corrected chi connectivity index (χ1v) is 7.81. The van der Waals surface area contributed by atoms with Crippen molar-refractivity contribution >= 4 is 17.4 Å². The summed E-state index contributed by atoms with van der Waals surface area (Å²) >= 11 is 0. The first-order valence-electron chi connectivity index (χ1n) is 7.81. The van der Waals surface area contributed by atoms with Crippen LogP contribution < -0.4 is 15.4 Å². The monoisotopic (exact) mass is 313 g/mol. The van der Waals surface area contributed by atoms with Gasteiger partial charge < -0.3 is 15.4 Å². The third-order valence-corrected chi connectivity index (χ3v) is 3.19. The van der Waals surface area contributed by atoms with Gasteiger partial charge >= 0.3 is 0 Å². The number of ether oxygens (including phenoxy) is 1. The van der Waals surface area contributed by atoms with Gasteiger partial charge in [0.1, 0.15) is 11.6 Å². The number of carbonyl (C=O) groups is 1. The molecule has 1 aromatic heterocycles. The number of hydrogen-bond acceptors (Lipinski definition) is 4. The normalized spacial score (nSPS) is 10.4. The molecule has 1 amide bonds. The fraction of sp³-hybridized carbons (Fsp3) is 0.333. The molecule has 0 unspecified atom stereocenters. The molecule has 0 saturated heterocycles. The fourth-order valence-electron chi connectivity index (χ4n) is 1.92. The number of para-hydroxylation sites is 1. The van der Waals surface area contributed by atoms with Gasteiger partial charge in [-0.15, -0.1) is 0 Å².